The van der Waals surface area contributed by atoms with Gasteiger partial charge in [0, 0.05) is 18.0 Å². The number of fused-ring (bicyclic) bond motifs is 1. The molecule has 3 atom stereocenters. The summed E-state index contributed by atoms with van der Waals surface area (Å²) in [6, 6.07) is 26.4. The minimum absolute atomic E-state index is 0.0389. The number of Topliss-reactive ketones (excluding diaryl/α,β-unsaturated/α-hetero) is 1. The Hall–Kier alpha value is -3.46. The van der Waals surface area contributed by atoms with E-state index in [0.29, 0.717) is 12.1 Å². The van der Waals surface area contributed by atoms with Gasteiger partial charge < -0.3 is 4.90 Å². The number of allylic oxidation sites excluding steroid dienone is 1. The van der Waals surface area contributed by atoms with Crippen molar-refractivity contribution in [2.45, 2.75) is 39.3 Å². The van der Waals surface area contributed by atoms with Gasteiger partial charge in [-0.3, -0.25) is 9.59 Å². The van der Waals surface area contributed by atoms with Crippen LogP contribution in [-0.4, -0.2) is 16.6 Å². The molecule has 166 valence electrons. The lowest BCUT2D eigenvalue weighted by molar-refractivity contribution is -0.137. The zero-order valence-corrected chi connectivity index (χ0v) is 19.2. The molecule has 3 aromatic rings. The smallest absolute Gasteiger partial charge is 0.230 e. The number of ketones is 1. The van der Waals surface area contributed by atoms with Gasteiger partial charge in [0.1, 0.15) is 0 Å². The predicted octanol–water partition coefficient (Wildman–Crippen LogP) is 6.61. The van der Waals surface area contributed by atoms with Gasteiger partial charge in [0.2, 0.25) is 5.91 Å². The number of benzene rings is 3. The fourth-order valence-electron chi connectivity index (χ4n) is 5.57. The van der Waals surface area contributed by atoms with Crippen molar-refractivity contribution in [3.8, 4) is 11.1 Å². The minimum atomic E-state index is -0.389. The third-order valence-electron chi connectivity index (χ3n) is 7.41. The van der Waals surface area contributed by atoms with Crippen LogP contribution in [0, 0.1) is 11.3 Å². The SMILES string of the molecule is CC(=O)c1ccc(-c2ccccc2[C@H]2[C@@H]3C=CCC[C@@]3(C)C(=O)N2Cc2ccccc2)cc1. The van der Waals surface area contributed by atoms with Gasteiger partial charge in [0.15, 0.2) is 5.78 Å². The van der Waals surface area contributed by atoms with E-state index in [1.807, 2.05) is 48.5 Å². The monoisotopic (exact) mass is 435 g/mol. The highest BCUT2D eigenvalue weighted by molar-refractivity contribution is 5.94. The molecule has 0 bridgehead atoms. The summed E-state index contributed by atoms with van der Waals surface area (Å²) in [7, 11) is 0. The summed E-state index contributed by atoms with van der Waals surface area (Å²) in [6.45, 7) is 4.33. The second kappa shape index (κ2) is 8.47. The molecular formula is C30H29NO2. The van der Waals surface area contributed by atoms with E-state index >= 15 is 0 Å². The van der Waals surface area contributed by atoms with Crippen molar-refractivity contribution >= 4 is 11.7 Å². The van der Waals surface area contributed by atoms with E-state index in [2.05, 4.69) is 54.3 Å². The van der Waals surface area contributed by atoms with Crippen LogP contribution in [0.5, 0.6) is 0 Å². The van der Waals surface area contributed by atoms with Crippen LogP contribution in [0.25, 0.3) is 11.1 Å². The van der Waals surface area contributed by atoms with E-state index in [1.165, 1.54) is 0 Å². The number of hydrogen-bond donors (Lipinski definition) is 0. The molecule has 0 unspecified atom stereocenters. The summed E-state index contributed by atoms with van der Waals surface area (Å²) in [4.78, 5) is 27.7. The molecule has 1 aliphatic carbocycles. The van der Waals surface area contributed by atoms with Crippen LogP contribution in [0.3, 0.4) is 0 Å². The fourth-order valence-corrected chi connectivity index (χ4v) is 5.57. The second-order valence-electron chi connectivity index (χ2n) is 9.49. The maximum atomic E-state index is 13.9. The number of carbonyl (C=O) groups excluding carboxylic acids is 2. The van der Waals surface area contributed by atoms with E-state index in [9.17, 15) is 9.59 Å². The van der Waals surface area contributed by atoms with Gasteiger partial charge in [-0.1, -0.05) is 97.9 Å². The fraction of sp³-hybridized carbons (Fsp3) is 0.267. The Kier molecular flexibility index (Phi) is 5.49. The summed E-state index contributed by atoms with van der Waals surface area (Å²) in [5.74, 6) is 0.431. The molecule has 33 heavy (non-hydrogen) atoms. The third-order valence-corrected chi connectivity index (χ3v) is 7.41. The van der Waals surface area contributed by atoms with Gasteiger partial charge in [-0.15, -0.1) is 0 Å². The van der Waals surface area contributed by atoms with E-state index in [4.69, 9.17) is 0 Å². The maximum Gasteiger partial charge on any atom is 0.230 e. The molecule has 0 radical (unpaired) electrons. The summed E-state index contributed by atoms with van der Waals surface area (Å²) >= 11 is 0. The molecule has 0 saturated carbocycles. The van der Waals surface area contributed by atoms with Crippen LogP contribution >= 0.6 is 0 Å². The third kappa shape index (κ3) is 3.72. The number of hydrogen-bond acceptors (Lipinski definition) is 2. The number of nitrogens with zero attached hydrogens (tertiary/aromatic N) is 1. The Labute approximate surface area is 195 Å². The van der Waals surface area contributed by atoms with Gasteiger partial charge in [-0.05, 0) is 42.0 Å². The second-order valence-corrected chi connectivity index (χ2v) is 9.49. The van der Waals surface area contributed by atoms with Crippen LogP contribution in [-0.2, 0) is 11.3 Å². The molecule has 0 aromatic heterocycles. The lowest BCUT2D eigenvalue weighted by Crippen LogP contribution is -2.34. The highest BCUT2D eigenvalue weighted by atomic mass is 16.2. The van der Waals surface area contributed by atoms with Crippen molar-refractivity contribution in [3.63, 3.8) is 0 Å². The molecule has 1 heterocycles. The molecule has 0 N–H and O–H groups in total. The molecule has 3 aromatic carbocycles. The van der Waals surface area contributed by atoms with Gasteiger partial charge in [-0.25, -0.2) is 0 Å². The van der Waals surface area contributed by atoms with Crippen molar-refractivity contribution in [1.82, 2.24) is 4.90 Å². The first kappa shape index (κ1) is 21.4. The van der Waals surface area contributed by atoms with Crippen LogP contribution < -0.4 is 0 Å². The molecular weight excluding hydrogens is 406 g/mol. The first-order valence-corrected chi connectivity index (χ1v) is 11.7. The average molecular weight is 436 g/mol. The Morgan fingerprint density at radius 1 is 0.970 bits per heavy atom. The van der Waals surface area contributed by atoms with Crippen molar-refractivity contribution < 1.29 is 9.59 Å². The van der Waals surface area contributed by atoms with Crippen molar-refractivity contribution in [2.75, 3.05) is 0 Å². The van der Waals surface area contributed by atoms with E-state index in [1.54, 1.807) is 6.92 Å². The van der Waals surface area contributed by atoms with Crippen molar-refractivity contribution in [3.05, 3.63) is 108 Å². The summed E-state index contributed by atoms with van der Waals surface area (Å²) in [6.07, 6.45) is 6.33. The highest BCUT2D eigenvalue weighted by Crippen LogP contribution is 2.55. The van der Waals surface area contributed by atoms with Crippen LogP contribution in [0.15, 0.2) is 91.0 Å². The van der Waals surface area contributed by atoms with Crippen LogP contribution in [0.1, 0.15) is 54.2 Å². The average Bonchev–Trinajstić information content (AvgIpc) is 3.06. The van der Waals surface area contributed by atoms with Gasteiger partial charge >= 0.3 is 0 Å². The normalized spacial score (nSPS) is 24.1. The molecule has 1 aliphatic heterocycles. The topological polar surface area (TPSA) is 37.4 Å². The Morgan fingerprint density at radius 3 is 2.39 bits per heavy atom. The Balaban J connectivity index is 1.62. The predicted molar refractivity (Wildman–Crippen MR) is 132 cm³/mol. The Bertz CT molecular complexity index is 1210. The first-order valence-electron chi connectivity index (χ1n) is 11.7. The molecule has 1 amide bonds. The summed E-state index contributed by atoms with van der Waals surface area (Å²) in [5, 5.41) is 0. The number of amides is 1. The molecule has 5 rings (SSSR count). The van der Waals surface area contributed by atoms with E-state index < -0.39 is 0 Å². The molecule has 2 aliphatic rings. The van der Waals surface area contributed by atoms with Crippen LogP contribution in [0.4, 0.5) is 0 Å². The minimum Gasteiger partial charge on any atom is -0.330 e. The molecule has 1 saturated heterocycles. The lowest BCUT2D eigenvalue weighted by atomic mass is 9.69. The van der Waals surface area contributed by atoms with Gasteiger partial charge in [-0.2, -0.15) is 0 Å². The Morgan fingerprint density at radius 2 is 1.67 bits per heavy atom. The number of carbonyl (C=O) groups is 2. The highest BCUT2D eigenvalue weighted by Gasteiger charge is 2.56. The van der Waals surface area contributed by atoms with Gasteiger partial charge in [0.05, 0.1) is 11.5 Å². The lowest BCUT2D eigenvalue weighted by Gasteiger charge is -2.32. The van der Waals surface area contributed by atoms with E-state index in [0.717, 1.165) is 35.1 Å². The maximum absolute atomic E-state index is 13.9. The molecule has 1 fully saturated rings. The standard InChI is InChI=1S/C30H29NO2/c1-21(32)23-15-17-24(18-16-23)25-12-6-7-13-26(25)28-27-14-8-9-19-30(27,2)29(33)31(28)20-22-10-4-3-5-11-22/h3-8,10-18,27-28H,9,19-20H2,1-2H3/t27-,28-,30+/m0/s1. The van der Waals surface area contributed by atoms with E-state index in [-0.39, 0.29) is 29.1 Å². The number of likely N-dealkylation sites (tertiary alicyclic amines) is 1. The van der Waals surface area contributed by atoms with Gasteiger partial charge in [0.25, 0.3) is 0 Å². The van der Waals surface area contributed by atoms with Crippen molar-refractivity contribution in [2.24, 2.45) is 11.3 Å². The summed E-state index contributed by atoms with van der Waals surface area (Å²) < 4.78 is 0. The quantitative estimate of drug-likeness (QED) is 0.334. The first-order chi connectivity index (χ1) is 16.0. The molecule has 3 heteroatoms. The molecule has 0 spiro atoms. The summed E-state index contributed by atoms with van der Waals surface area (Å²) in [5.41, 5.74) is 4.81. The van der Waals surface area contributed by atoms with Crippen molar-refractivity contribution in [1.29, 1.82) is 0 Å². The largest absolute Gasteiger partial charge is 0.330 e. The zero-order chi connectivity index (χ0) is 23.0. The number of rotatable bonds is 5. The van der Waals surface area contributed by atoms with Crippen LogP contribution in [0.2, 0.25) is 0 Å². The molecule has 3 nitrogen and oxygen atoms in total. The zero-order valence-electron chi connectivity index (χ0n) is 19.2.